The zero-order valence-corrected chi connectivity index (χ0v) is 16.9. The lowest BCUT2D eigenvalue weighted by atomic mass is 10.1. The molecule has 0 unspecified atom stereocenters. The van der Waals surface area contributed by atoms with E-state index < -0.39 is 0 Å². The van der Waals surface area contributed by atoms with E-state index in [-0.39, 0.29) is 0 Å². The number of nitrogens with two attached hydrogens (primary N) is 1. The molecule has 5 nitrogen and oxygen atoms in total. The Morgan fingerprint density at radius 1 is 0.833 bits per heavy atom. The molecule has 3 aromatic carbocycles. The van der Waals surface area contributed by atoms with E-state index in [4.69, 9.17) is 5.73 Å². The van der Waals surface area contributed by atoms with Crippen molar-refractivity contribution in [2.75, 3.05) is 11.1 Å². The van der Waals surface area contributed by atoms with Gasteiger partial charge in [-0.25, -0.2) is 9.97 Å². The maximum Gasteiger partial charge on any atom is 0.134 e. The predicted molar refractivity (Wildman–Crippen MR) is 125 cm³/mol. The van der Waals surface area contributed by atoms with Crippen LogP contribution in [-0.2, 0) is 0 Å². The number of anilines is 3. The minimum atomic E-state index is 0.704. The Morgan fingerprint density at radius 3 is 2.53 bits per heavy atom. The van der Waals surface area contributed by atoms with E-state index in [1.807, 2.05) is 48.5 Å². The van der Waals surface area contributed by atoms with Crippen molar-refractivity contribution in [2.24, 2.45) is 0 Å². The molecule has 0 saturated carbocycles. The van der Waals surface area contributed by atoms with Crippen molar-refractivity contribution >= 4 is 40.0 Å². The van der Waals surface area contributed by atoms with Gasteiger partial charge < -0.3 is 11.1 Å². The second kappa shape index (κ2) is 7.93. The fourth-order valence-electron chi connectivity index (χ4n) is 3.36. The number of hydrogen-bond donors (Lipinski definition) is 2. The fourth-order valence-corrected chi connectivity index (χ4v) is 4.28. The summed E-state index contributed by atoms with van der Waals surface area (Å²) in [6, 6.07) is 28.3. The molecule has 6 heteroatoms. The van der Waals surface area contributed by atoms with Crippen LogP contribution in [0.1, 0.15) is 0 Å². The lowest BCUT2D eigenvalue weighted by Crippen LogP contribution is -1.96. The maximum absolute atomic E-state index is 5.88. The smallest absolute Gasteiger partial charge is 0.134 e. The Labute approximate surface area is 178 Å². The molecule has 2 aromatic heterocycles. The third kappa shape index (κ3) is 3.73. The number of para-hydroxylation sites is 1. The van der Waals surface area contributed by atoms with Gasteiger partial charge in [0, 0.05) is 39.5 Å². The van der Waals surface area contributed by atoms with Crippen molar-refractivity contribution in [3.8, 4) is 11.3 Å². The van der Waals surface area contributed by atoms with Crippen molar-refractivity contribution in [3.63, 3.8) is 0 Å². The third-order valence-corrected chi connectivity index (χ3v) is 5.71. The van der Waals surface area contributed by atoms with Gasteiger partial charge in [0.1, 0.15) is 12.1 Å². The van der Waals surface area contributed by atoms with Gasteiger partial charge in [-0.2, -0.15) is 0 Å². The summed E-state index contributed by atoms with van der Waals surface area (Å²) in [6.45, 7) is 0. The Bertz CT molecular complexity index is 1310. The van der Waals surface area contributed by atoms with E-state index in [0.29, 0.717) is 5.69 Å². The van der Waals surface area contributed by atoms with E-state index in [1.54, 1.807) is 18.3 Å². The maximum atomic E-state index is 5.88. The summed E-state index contributed by atoms with van der Waals surface area (Å²) >= 11 is 1.68. The molecule has 0 radical (unpaired) electrons. The highest BCUT2D eigenvalue weighted by Gasteiger charge is 2.13. The van der Waals surface area contributed by atoms with Gasteiger partial charge in [-0.3, -0.25) is 3.97 Å². The second-order valence-corrected chi connectivity index (χ2v) is 7.88. The zero-order chi connectivity index (χ0) is 20.3. The number of nitrogens with zero attached hydrogens (tertiary/aromatic N) is 3. The number of fused-ring (bicyclic) bond motifs is 1. The van der Waals surface area contributed by atoms with Gasteiger partial charge in [0.2, 0.25) is 0 Å². The summed E-state index contributed by atoms with van der Waals surface area (Å²) in [4.78, 5) is 10.1. The fraction of sp³-hybridized carbons (Fsp3) is 0. The van der Waals surface area contributed by atoms with Crippen LogP contribution in [0.15, 0.2) is 102 Å². The first kappa shape index (κ1) is 18.3. The molecular weight excluding hydrogens is 390 g/mol. The van der Waals surface area contributed by atoms with Crippen molar-refractivity contribution in [1.82, 2.24) is 13.9 Å². The quantitative estimate of drug-likeness (QED) is 0.350. The second-order valence-electron chi connectivity index (χ2n) is 6.83. The van der Waals surface area contributed by atoms with Crippen LogP contribution in [0.2, 0.25) is 0 Å². The van der Waals surface area contributed by atoms with E-state index >= 15 is 0 Å². The van der Waals surface area contributed by atoms with Crippen LogP contribution in [0.5, 0.6) is 0 Å². The molecule has 0 aliphatic heterocycles. The Hall–Kier alpha value is -3.77. The number of benzene rings is 3. The molecule has 0 aliphatic rings. The first-order valence-electron chi connectivity index (χ1n) is 9.55. The van der Waals surface area contributed by atoms with Crippen LogP contribution >= 0.6 is 11.9 Å². The molecule has 0 fully saturated rings. The molecule has 2 heterocycles. The van der Waals surface area contributed by atoms with Gasteiger partial charge in [-0.1, -0.05) is 42.5 Å². The average molecular weight is 410 g/mol. The van der Waals surface area contributed by atoms with Gasteiger partial charge in [-0.05, 0) is 48.3 Å². The Kier molecular flexibility index (Phi) is 4.83. The number of rotatable bonds is 5. The summed E-state index contributed by atoms with van der Waals surface area (Å²) in [6.07, 6.45) is 3.72. The highest BCUT2D eigenvalue weighted by atomic mass is 32.2. The highest BCUT2D eigenvalue weighted by Crippen LogP contribution is 2.34. The summed E-state index contributed by atoms with van der Waals surface area (Å²) < 4.78 is 2.19. The number of hydrogen-bond acceptors (Lipinski definition) is 5. The highest BCUT2D eigenvalue weighted by molar-refractivity contribution is 7.98. The van der Waals surface area contributed by atoms with Crippen LogP contribution < -0.4 is 11.1 Å². The Morgan fingerprint density at radius 2 is 1.67 bits per heavy atom. The molecule has 0 atom stereocenters. The number of aromatic nitrogens is 3. The van der Waals surface area contributed by atoms with Gasteiger partial charge in [0.05, 0.1) is 11.2 Å². The van der Waals surface area contributed by atoms with Gasteiger partial charge in [0.15, 0.2) is 0 Å². The van der Waals surface area contributed by atoms with Crippen molar-refractivity contribution in [3.05, 3.63) is 97.5 Å². The summed E-state index contributed by atoms with van der Waals surface area (Å²) in [5, 5.41) is 4.45. The van der Waals surface area contributed by atoms with Crippen molar-refractivity contribution < 1.29 is 0 Å². The van der Waals surface area contributed by atoms with Crippen LogP contribution in [-0.4, -0.2) is 13.9 Å². The van der Waals surface area contributed by atoms with Crippen LogP contribution in [0.4, 0.5) is 17.2 Å². The molecule has 0 saturated heterocycles. The molecule has 5 aromatic rings. The lowest BCUT2D eigenvalue weighted by molar-refractivity contribution is 1.17. The minimum Gasteiger partial charge on any atom is -0.399 e. The topological polar surface area (TPSA) is 68.8 Å². The van der Waals surface area contributed by atoms with E-state index in [0.717, 1.165) is 33.7 Å². The number of nitrogen functional groups attached to an aromatic ring is 1. The molecule has 5 rings (SSSR count). The largest absolute Gasteiger partial charge is 0.399 e. The molecule has 0 bridgehead atoms. The van der Waals surface area contributed by atoms with Gasteiger partial charge in [-0.15, -0.1) is 0 Å². The normalized spacial score (nSPS) is 10.9. The molecule has 146 valence electrons. The zero-order valence-electron chi connectivity index (χ0n) is 16.1. The van der Waals surface area contributed by atoms with E-state index in [2.05, 4.69) is 61.9 Å². The van der Waals surface area contributed by atoms with Crippen molar-refractivity contribution in [2.45, 2.75) is 4.90 Å². The summed E-state index contributed by atoms with van der Waals surface area (Å²) in [7, 11) is 0. The number of nitrogens with one attached hydrogen (secondary N) is 1. The van der Waals surface area contributed by atoms with E-state index in [1.165, 1.54) is 4.90 Å². The summed E-state index contributed by atoms with van der Waals surface area (Å²) in [5.74, 6) is 0.721. The molecular formula is C24H19N5S. The van der Waals surface area contributed by atoms with Gasteiger partial charge in [0.25, 0.3) is 0 Å². The van der Waals surface area contributed by atoms with Crippen molar-refractivity contribution in [1.29, 1.82) is 0 Å². The van der Waals surface area contributed by atoms with Crippen LogP contribution in [0.3, 0.4) is 0 Å². The monoisotopic (exact) mass is 409 g/mol. The van der Waals surface area contributed by atoms with Crippen LogP contribution in [0.25, 0.3) is 22.2 Å². The van der Waals surface area contributed by atoms with Gasteiger partial charge >= 0.3 is 0 Å². The molecule has 3 N–H and O–H groups in total. The standard InChI is InChI=1S/C24H19N5S/c25-17-7-6-8-18(13-17)28-24-14-22(26-16-27-24)21-15-29(23-12-5-4-11-20(21)23)30-19-9-2-1-3-10-19/h1-16H,25H2,(H,26,27,28). The third-order valence-electron chi connectivity index (χ3n) is 4.73. The predicted octanol–water partition coefficient (Wildman–Crippen LogP) is 5.98. The summed E-state index contributed by atoms with van der Waals surface area (Å²) in [5.41, 5.74) is 10.5. The first-order valence-corrected chi connectivity index (χ1v) is 10.3. The van der Waals surface area contributed by atoms with E-state index in [9.17, 15) is 0 Å². The average Bonchev–Trinajstić information content (AvgIpc) is 3.13. The molecule has 0 aliphatic carbocycles. The SMILES string of the molecule is Nc1cccc(Nc2cc(-c3cn(Sc4ccccc4)c4ccccc34)ncn2)c1. The minimum absolute atomic E-state index is 0.704. The first-order chi connectivity index (χ1) is 14.8. The lowest BCUT2D eigenvalue weighted by Gasteiger charge is -2.07. The Balaban J connectivity index is 1.53. The molecule has 0 spiro atoms. The molecule has 0 amide bonds. The molecule has 30 heavy (non-hydrogen) atoms. The van der Waals surface area contributed by atoms with Crippen LogP contribution in [0, 0.1) is 0 Å².